The van der Waals surface area contributed by atoms with E-state index < -0.39 is 11.7 Å². The summed E-state index contributed by atoms with van der Waals surface area (Å²) in [7, 11) is 0. The molecule has 7 heteroatoms. The molecule has 0 radical (unpaired) electrons. The first-order valence-corrected chi connectivity index (χ1v) is 4.92. The predicted molar refractivity (Wildman–Crippen MR) is 53.3 cm³/mol. The van der Waals surface area contributed by atoms with Crippen LogP contribution in [0.15, 0.2) is 12.3 Å². The van der Waals surface area contributed by atoms with Gasteiger partial charge in [-0.25, -0.2) is 4.39 Å². The number of amides is 1. The van der Waals surface area contributed by atoms with E-state index in [4.69, 9.17) is 0 Å². The molecule has 2 N–H and O–H groups in total. The zero-order chi connectivity index (χ0) is 10.8. The molecule has 0 aromatic carbocycles. The third-order valence-electron chi connectivity index (χ3n) is 1.64. The fourth-order valence-corrected chi connectivity index (χ4v) is 1.60. The van der Waals surface area contributed by atoms with Gasteiger partial charge in [0, 0.05) is 12.3 Å². The van der Waals surface area contributed by atoms with Gasteiger partial charge < -0.3 is 4.98 Å². The molecule has 2 heterocycles. The van der Waals surface area contributed by atoms with Gasteiger partial charge in [0.25, 0.3) is 5.91 Å². The van der Waals surface area contributed by atoms with Gasteiger partial charge in [0.2, 0.25) is 5.13 Å². The van der Waals surface area contributed by atoms with Crippen molar-refractivity contribution < 1.29 is 9.18 Å². The number of aromatic nitrogens is 3. The molecule has 15 heavy (non-hydrogen) atoms. The summed E-state index contributed by atoms with van der Waals surface area (Å²) >= 11 is 1.26. The molecule has 0 unspecified atom stereocenters. The normalized spacial score (nSPS) is 10.3. The highest BCUT2D eigenvalue weighted by molar-refractivity contribution is 7.15. The molecule has 2 aromatic rings. The zero-order valence-corrected chi connectivity index (χ0v) is 8.56. The molecule has 0 fully saturated rings. The molecule has 5 nitrogen and oxygen atoms in total. The number of anilines is 1. The Hall–Kier alpha value is -1.76. The monoisotopic (exact) mass is 226 g/mol. The van der Waals surface area contributed by atoms with Crippen molar-refractivity contribution in [1.29, 1.82) is 0 Å². The summed E-state index contributed by atoms with van der Waals surface area (Å²) in [6.45, 7) is 1.78. The summed E-state index contributed by atoms with van der Waals surface area (Å²) in [6, 6.07) is 1.11. The van der Waals surface area contributed by atoms with Crippen LogP contribution in [0.4, 0.5) is 9.52 Å². The van der Waals surface area contributed by atoms with E-state index in [1.54, 1.807) is 6.92 Å². The van der Waals surface area contributed by atoms with Crippen LogP contribution < -0.4 is 5.32 Å². The first kappa shape index (κ1) is 9.78. The summed E-state index contributed by atoms with van der Waals surface area (Å²) in [4.78, 5) is 14.0. The van der Waals surface area contributed by atoms with Crippen molar-refractivity contribution >= 4 is 22.4 Å². The number of halogens is 1. The second kappa shape index (κ2) is 3.77. The van der Waals surface area contributed by atoms with Crippen molar-refractivity contribution in [3.05, 3.63) is 28.8 Å². The van der Waals surface area contributed by atoms with E-state index >= 15 is 0 Å². The molecule has 0 aliphatic rings. The third-order valence-corrected chi connectivity index (χ3v) is 2.39. The van der Waals surface area contributed by atoms with Crippen LogP contribution in [0.25, 0.3) is 0 Å². The molecular formula is C8H7FN4OS. The number of aromatic amines is 1. The average Bonchev–Trinajstić information content (AvgIpc) is 2.75. The summed E-state index contributed by atoms with van der Waals surface area (Å²) < 4.78 is 12.6. The Kier molecular flexibility index (Phi) is 2.46. The minimum absolute atomic E-state index is 0.153. The number of carbonyl (C=O) groups is 1. The number of hydrogen-bond acceptors (Lipinski definition) is 4. The topological polar surface area (TPSA) is 70.7 Å². The van der Waals surface area contributed by atoms with Crippen molar-refractivity contribution in [2.24, 2.45) is 0 Å². The van der Waals surface area contributed by atoms with Crippen molar-refractivity contribution in [3.63, 3.8) is 0 Å². The fourth-order valence-electron chi connectivity index (χ4n) is 1.01. The smallest absolute Gasteiger partial charge is 0.274 e. The lowest BCUT2D eigenvalue weighted by Crippen LogP contribution is -2.11. The third kappa shape index (κ3) is 2.18. The van der Waals surface area contributed by atoms with Gasteiger partial charge in [-0.15, -0.1) is 10.2 Å². The molecule has 0 atom stereocenters. The minimum Gasteiger partial charge on any atom is -0.355 e. The highest BCUT2D eigenvalue weighted by Gasteiger charge is 2.10. The Labute approximate surface area is 88.4 Å². The van der Waals surface area contributed by atoms with Crippen LogP contribution >= 0.6 is 11.3 Å². The second-order valence-electron chi connectivity index (χ2n) is 2.81. The molecule has 1 amide bonds. The van der Waals surface area contributed by atoms with E-state index in [1.165, 1.54) is 11.3 Å². The van der Waals surface area contributed by atoms with Crippen molar-refractivity contribution in [3.8, 4) is 0 Å². The van der Waals surface area contributed by atoms with Crippen LogP contribution in [0.2, 0.25) is 0 Å². The molecule has 2 aromatic heterocycles. The van der Waals surface area contributed by atoms with E-state index in [0.717, 1.165) is 17.3 Å². The number of nitrogens with one attached hydrogen (secondary N) is 2. The van der Waals surface area contributed by atoms with Crippen molar-refractivity contribution in [2.45, 2.75) is 6.92 Å². The Bertz CT molecular complexity index is 492. The SMILES string of the molecule is Cc1nnc(NC(=O)c2cc(F)c[nH]2)s1. The summed E-state index contributed by atoms with van der Waals surface area (Å²) in [6.07, 6.45) is 1.11. The maximum absolute atomic E-state index is 12.6. The van der Waals surface area contributed by atoms with E-state index in [9.17, 15) is 9.18 Å². The molecule has 0 spiro atoms. The number of aryl methyl sites for hydroxylation is 1. The number of carbonyl (C=O) groups excluding carboxylic acids is 1. The average molecular weight is 226 g/mol. The lowest BCUT2D eigenvalue weighted by atomic mass is 10.4. The molecule has 2 rings (SSSR count). The second-order valence-corrected chi connectivity index (χ2v) is 3.99. The molecule has 0 bridgehead atoms. The Morgan fingerprint density at radius 2 is 2.40 bits per heavy atom. The highest BCUT2D eigenvalue weighted by atomic mass is 32.1. The summed E-state index contributed by atoms with van der Waals surface area (Å²) in [5, 5.41) is 11.1. The molecule has 0 saturated heterocycles. The van der Waals surface area contributed by atoms with Crippen molar-refractivity contribution in [1.82, 2.24) is 15.2 Å². The van der Waals surface area contributed by atoms with Gasteiger partial charge in [-0.3, -0.25) is 10.1 Å². The molecule has 0 aliphatic carbocycles. The molecule has 0 saturated carbocycles. The number of hydrogen-bond donors (Lipinski definition) is 2. The Morgan fingerprint density at radius 1 is 1.60 bits per heavy atom. The Balaban J connectivity index is 2.10. The molecule has 78 valence electrons. The fraction of sp³-hybridized carbons (Fsp3) is 0.125. The van der Waals surface area contributed by atoms with Crippen molar-refractivity contribution in [2.75, 3.05) is 5.32 Å². The lowest BCUT2D eigenvalue weighted by molar-refractivity contribution is 0.102. The molecular weight excluding hydrogens is 219 g/mol. The van der Waals surface area contributed by atoms with Gasteiger partial charge in [0.1, 0.15) is 16.5 Å². The summed E-state index contributed by atoms with van der Waals surface area (Å²) in [5.41, 5.74) is 0.153. The standard InChI is InChI=1S/C8H7FN4OS/c1-4-12-13-8(15-4)11-7(14)6-2-5(9)3-10-6/h2-3,10H,1H3,(H,11,13,14). The van der Waals surface area contributed by atoms with Gasteiger partial charge >= 0.3 is 0 Å². The maximum atomic E-state index is 12.6. The predicted octanol–water partition coefficient (Wildman–Crippen LogP) is 1.57. The first-order chi connectivity index (χ1) is 7.15. The van der Waals surface area contributed by atoms with Crippen LogP contribution in [0, 0.1) is 12.7 Å². The first-order valence-electron chi connectivity index (χ1n) is 4.10. The van der Waals surface area contributed by atoms with E-state index in [0.29, 0.717) is 5.13 Å². The van der Waals surface area contributed by atoms with Gasteiger partial charge in [-0.1, -0.05) is 11.3 Å². The largest absolute Gasteiger partial charge is 0.355 e. The van der Waals surface area contributed by atoms with E-state index in [-0.39, 0.29) is 5.69 Å². The lowest BCUT2D eigenvalue weighted by Gasteiger charge is -1.96. The van der Waals surface area contributed by atoms with Gasteiger partial charge in [0.05, 0.1) is 0 Å². The highest BCUT2D eigenvalue weighted by Crippen LogP contribution is 2.14. The van der Waals surface area contributed by atoms with Crippen LogP contribution in [0.3, 0.4) is 0 Å². The number of H-pyrrole nitrogens is 1. The maximum Gasteiger partial charge on any atom is 0.274 e. The zero-order valence-electron chi connectivity index (χ0n) is 7.74. The Morgan fingerprint density at radius 3 is 2.93 bits per heavy atom. The van der Waals surface area contributed by atoms with E-state index in [2.05, 4.69) is 20.5 Å². The van der Waals surface area contributed by atoms with Gasteiger partial charge in [0.15, 0.2) is 0 Å². The summed E-state index contributed by atoms with van der Waals surface area (Å²) in [5.74, 6) is -0.913. The number of rotatable bonds is 2. The van der Waals surface area contributed by atoms with Crippen LogP contribution in [0.5, 0.6) is 0 Å². The van der Waals surface area contributed by atoms with E-state index in [1.807, 2.05) is 0 Å². The van der Waals surface area contributed by atoms with Crippen LogP contribution in [0.1, 0.15) is 15.5 Å². The van der Waals surface area contributed by atoms with Gasteiger partial charge in [-0.05, 0) is 6.92 Å². The quantitative estimate of drug-likeness (QED) is 0.816. The number of nitrogens with zero attached hydrogens (tertiary/aromatic N) is 2. The van der Waals surface area contributed by atoms with Crippen LogP contribution in [-0.2, 0) is 0 Å². The van der Waals surface area contributed by atoms with Gasteiger partial charge in [-0.2, -0.15) is 0 Å². The van der Waals surface area contributed by atoms with Crippen LogP contribution in [-0.4, -0.2) is 21.1 Å². The molecule has 0 aliphatic heterocycles. The minimum atomic E-state index is -0.478.